The van der Waals surface area contributed by atoms with Crippen LogP contribution >= 0.6 is 11.3 Å². The zero-order valence-electron chi connectivity index (χ0n) is 15.9. The van der Waals surface area contributed by atoms with Crippen molar-refractivity contribution < 1.29 is 4.79 Å². The van der Waals surface area contributed by atoms with Crippen LogP contribution in [-0.4, -0.2) is 39.9 Å². The van der Waals surface area contributed by atoms with E-state index in [9.17, 15) is 4.79 Å². The fourth-order valence-corrected chi connectivity index (χ4v) is 5.63. The molecule has 1 saturated carbocycles. The highest BCUT2D eigenvalue weighted by molar-refractivity contribution is 7.18. The molecule has 4 rings (SSSR count). The number of nitrogens with one attached hydrogen (secondary N) is 1. The maximum atomic E-state index is 13.0. The number of piperidine rings is 1. The summed E-state index contributed by atoms with van der Waals surface area (Å²) in [6.07, 6.45) is 8.10. The SMILES string of the molecule is Cc1sc2ncnc(N[C@@H](C)C(=O)N3CC[C@@H]4CCCC[C@@H]4C3)c2c1C. The number of aromatic nitrogens is 2. The van der Waals surface area contributed by atoms with Crippen molar-refractivity contribution in [3.63, 3.8) is 0 Å². The summed E-state index contributed by atoms with van der Waals surface area (Å²) in [7, 11) is 0. The fourth-order valence-electron chi connectivity index (χ4n) is 4.63. The zero-order chi connectivity index (χ0) is 18.3. The summed E-state index contributed by atoms with van der Waals surface area (Å²) in [5, 5.41) is 4.43. The molecule has 2 aromatic heterocycles. The molecule has 140 valence electrons. The van der Waals surface area contributed by atoms with Crippen LogP contribution in [0.2, 0.25) is 0 Å². The molecular weight excluding hydrogens is 344 g/mol. The van der Waals surface area contributed by atoms with E-state index in [1.807, 2.05) is 6.92 Å². The van der Waals surface area contributed by atoms with E-state index in [-0.39, 0.29) is 11.9 Å². The first kappa shape index (κ1) is 17.7. The quantitative estimate of drug-likeness (QED) is 0.879. The second-order valence-corrected chi connectivity index (χ2v) is 9.13. The van der Waals surface area contributed by atoms with Crippen molar-refractivity contribution in [2.75, 3.05) is 18.4 Å². The molecule has 0 unspecified atom stereocenters. The number of rotatable bonds is 3. The molecule has 0 bridgehead atoms. The lowest BCUT2D eigenvalue weighted by Gasteiger charge is -2.42. The van der Waals surface area contributed by atoms with Gasteiger partial charge in [-0.15, -0.1) is 11.3 Å². The molecule has 1 N–H and O–H groups in total. The molecular formula is C20H28N4OS. The van der Waals surface area contributed by atoms with E-state index in [0.717, 1.165) is 35.0 Å². The highest BCUT2D eigenvalue weighted by Gasteiger charge is 2.34. The third-order valence-corrected chi connectivity index (χ3v) is 7.41. The normalized spacial score (nSPS) is 24.3. The fraction of sp³-hybridized carbons (Fsp3) is 0.650. The van der Waals surface area contributed by atoms with Crippen molar-refractivity contribution in [1.29, 1.82) is 0 Å². The Morgan fingerprint density at radius 2 is 2.00 bits per heavy atom. The van der Waals surface area contributed by atoms with Crippen LogP contribution < -0.4 is 5.32 Å². The Balaban J connectivity index is 1.48. The molecule has 5 nitrogen and oxygen atoms in total. The molecule has 0 radical (unpaired) electrons. The number of fused-ring (bicyclic) bond motifs is 2. The summed E-state index contributed by atoms with van der Waals surface area (Å²) in [4.78, 5) is 26.2. The van der Waals surface area contributed by atoms with Gasteiger partial charge in [0.05, 0.1) is 5.39 Å². The topological polar surface area (TPSA) is 58.1 Å². The smallest absolute Gasteiger partial charge is 0.244 e. The van der Waals surface area contributed by atoms with Crippen LogP contribution in [0.15, 0.2) is 6.33 Å². The largest absolute Gasteiger partial charge is 0.358 e. The maximum Gasteiger partial charge on any atom is 0.244 e. The first-order valence-corrected chi connectivity index (χ1v) is 10.6. The molecule has 6 heteroatoms. The van der Waals surface area contributed by atoms with Crippen LogP contribution in [0, 0.1) is 25.7 Å². The lowest BCUT2D eigenvalue weighted by molar-refractivity contribution is -0.134. The van der Waals surface area contributed by atoms with Gasteiger partial charge in [0.15, 0.2) is 0 Å². The monoisotopic (exact) mass is 372 g/mol. The van der Waals surface area contributed by atoms with Gasteiger partial charge in [0.1, 0.15) is 23.0 Å². The molecule has 3 heterocycles. The number of carbonyl (C=O) groups is 1. The second kappa shape index (κ2) is 7.14. The molecule has 2 fully saturated rings. The zero-order valence-corrected chi connectivity index (χ0v) is 16.7. The summed E-state index contributed by atoms with van der Waals surface area (Å²) >= 11 is 1.68. The maximum absolute atomic E-state index is 13.0. The van der Waals surface area contributed by atoms with E-state index in [1.54, 1.807) is 17.7 Å². The van der Waals surface area contributed by atoms with Gasteiger partial charge in [-0.1, -0.05) is 19.3 Å². The van der Waals surface area contributed by atoms with Crippen molar-refractivity contribution in [1.82, 2.24) is 14.9 Å². The summed E-state index contributed by atoms with van der Waals surface area (Å²) in [5.74, 6) is 2.53. The number of likely N-dealkylation sites (tertiary alicyclic amines) is 1. The Kier molecular flexibility index (Phi) is 4.86. The van der Waals surface area contributed by atoms with Gasteiger partial charge in [-0.2, -0.15) is 0 Å². The second-order valence-electron chi connectivity index (χ2n) is 7.93. The molecule has 3 atom stereocenters. The molecule has 26 heavy (non-hydrogen) atoms. The van der Waals surface area contributed by atoms with Crippen molar-refractivity contribution in [3.05, 3.63) is 16.8 Å². The van der Waals surface area contributed by atoms with Crippen LogP contribution in [0.5, 0.6) is 0 Å². The third-order valence-electron chi connectivity index (χ3n) is 6.29. The van der Waals surface area contributed by atoms with Gasteiger partial charge < -0.3 is 10.2 Å². The number of aryl methyl sites for hydroxylation is 2. The van der Waals surface area contributed by atoms with E-state index >= 15 is 0 Å². The Bertz CT molecular complexity index is 817. The lowest BCUT2D eigenvalue weighted by atomic mass is 9.75. The van der Waals surface area contributed by atoms with Crippen molar-refractivity contribution in [3.8, 4) is 0 Å². The number of anilines is 1. The molecule has 1 amide bonds. The van der Waals surface area contributed by atoms with Crippen LogP contribution in [0.25, 0.3) is 10.2 Å². The number of carbonyl (C=O) groups excluding carboxylic acids is 1. The first-order valence-electron chi connectivity index (χ1n) is 9.80. The lowest BCUT2D eigenvalue weighted by Crippen LogP contribution is -2.49. The third kappa shape index (κ3) is 3.20. The van der Waals surface area contributed by atoms with Crippen LogP contribution in [0.4, 0.5) is 5.82 Å². The molecule has 0 spiro atoms. The van der Waals surface area contributed by atoms with Crippen molar-refractivity contribution in [2.24, 2.45) is 11.8 Å². The highest BCUT2D eigenvalue weighted by atomic mass is 32.1. The summed E-state index contributed by atoms with van der Waals surface area (Å²) in [5.41, 5.74) is 1.20. The van der Waals surface area contributed by atoms with Gasteiger partial charge in [0.2, 0.25) is 5.91 Å². The number of hydrogen-bond acceptors (Lipinski definition) is 5. The summed E-state index contributed by atoms with van der Waals surface area (Å²) in [6, 6.07) is -0.271. The van der Waals surface area contributed by atoms with Gasteiger partial charge in [-0.25, -0.2) is 9.97 Å². The van der Waals surface area contributed by atoms with E-state index in [2.05, 4.69) is 34.0 Å². The van der Waals surface area contributed by atoms with Crippen LogP contribution in [0.3, 0.4) is 0 Å². The highest BCUT2D eigenvalue weighted by Crippen LogP contribution is 2.36. The molecule has 2 aromatic rings. The van der Waals surface area contributed by atoms with Gasteiger partial charge in [0, 0.05) is 18.0 Å². The standard InChI is InChI=1S/C20H28N4OS/c1-12-14(3)26-19-17(12)18(21-11-22-19)23-13(2)20(25)24-9-8-15-6-4-5-7-16(15)10-24/h11,13,15-16H,4-10H2,1-3H3,(H,21,22,23)/t13-,15-,16+/m0/s1. The number of thiophene rings is 1. The average molecular weight is 373 g/mol. The first-order chi connectivity index (χ1) is 12.5. The number of nitrogens with zero attached hydrogens (tertiary/aromatic N) is 3. The summed E-state index contributed by atoms with van der Waals surface area (Å²) < 4.78 is 0. The predicted molar refractivity (Wildman–Crippen MR) is 107 cm³/mol. The minimum Gasteiger partial charge on any atom is -0.358 e. The van der Waals surface area contributed by atoms with E-state index < -0.39 is 0 Å². The van der Waals surface area contributed by atoms with Crippen molar-refractivity contribution >= 4 is 33.3 Å². The molecule has 2 aliphatic rings. The Hall–Kier alpha value is -1.69. The molecule has 1 aliphatic carbocycles. The molecule has 0 aromatic carbocycles. The molecule has 1 saturated heterocycles. The van der Waals surface area contributed by atoms with Gasteiger partial charge >= 0.3 is 0 Å². The minimum absolute atomic E-state index is 0.199. The van der Waals surface area contributed by atoms with E-state index in [4.69, 9.17) is 0 Å². The van der Waals surface area contributed by atoms with Crippen LogP contribution in [0.1, 0.15) is 49.5 Å². The Morgan fingerprint density at radius 1 is 1.23 bits per heavy atom. The Labute approximate surface area is 159 Å². The predicted octanol–water partition coefficient (Wildman–Crippen LogP) is 4.15. The average Bonchev–Trinajstić information content (AvgIpc) is 2.95. The van der Waals surface area contributed by atoms with Crippen molar-refractivity contribution in [2.45, 2.75) is 58.9 Å². The number of amides is 1. The van der Waals surface area contributed by atoms with Crippen LogP contribution in [-0.2, 0) is 4.79 Å². The molecule has 1 aliphatic heterocycles. The van der Waals surface area contributed by atoms with E-state index in [0.29, 0.717) is 5.92 Å². The van der Waals surface area contributed by atoms with E-state index in [1.165, 1.54) is 42.5 Å². The minimum atomic E-state index is -0.271. The number of hydrogen-bond donors (Lipinski definition) is 1. The van der Waals surface area contributed by atoms with Gasteiger partial charge in [-0.3, -0.25) is 4.79 Å². The Morgan fingerprint density at radius 3 is 2.81 bits per heavy atom. The van der Waals surface area contributed by atoms with Gasteiger partial charge in [0.25, 0.3) is 0 Å². The summed E-state index contributed by atoms with van der Waals surface area (Å²) in [6.45, 7) is 8.00. The van der Waals surface area contributed by atoms with Gasteiger partial charge in [-0.05, 0) is 51.0 Å².